The fraction of sp³-hybridized carbons (Fsp3) is 0.333. The van der Waals surface area contributed by atoms with Crippen LogP contribution in [0.3, 0.4) is 0 Å². The number of ether oxygens (including phenoxy) is 1. The molecule has 2 atom stereocenters. The summed E-state index contributed by atoms with van der Waals surface area (Å²) in [6, 6.07) is 10.5. The van der Waals surface area contributed by atoms with Crippen molar-refractivity contribution in [3.8, 4) is 16.9 Å². The number of nitrogens with zero attached hydrogens (tertiary/aromatic N) is 2. The van der Waals surface area contributed by atoms with Gasteiger partial charge in [0.05, 0.1) is 5.39 Å². The van der Waals surface area contributed by atoms with E-state index in [4.69, 9.17) is 15.5 Å². The smallest absolute Gasteiger partial charge is 0.183 e. The molecule has 0 aliphatic heterocycles. The zero-order valence-corrected chi connectivity index (χ0v) is 16.6. The van der Waals surface area contributed by atoms with Gasteiger partial charge in [0.1, 0.15) is 17.7 Å². The summed E-state index contributed by atoms with van der Waals surface area (Å²) in [7, 11) is 0. The van der Waals surface area contributed by atoms with Gasteiger partial charge in [-0.3, -0.25) is 5.10 Å². The van der Waals surface area contributed by atoms with Crippen LogP contribution < -0.4 is 10.5 Å². The Kier molecular flexibility index (Phi) is 4.58. The van der Waals surface area contributed by atoms with Crippen LogP contribution in [0, 0.1) is 5.92 Å². The lowest BCUT2D eigenvalue weighted by atomic mass is 9.96. The van der Waals surface area contributed by atoms with Crippen LogP contribution in [0.1, 0.15) is 44.2 Å². The summed E-state index contributed by atoms with van der Waals surface area (Å²) in [4.78, 5) is 4.81. The lowest BCUT2D eigenvalue weighted by Crippen LogP contribution is -2.22. The fourth-order valence-electron chi connectivity index (χ4n) is 4.44. The van der Waals surface area contributed by atoms with E-state index in [9.17, 15) is 0 Å². The number of benzene rings is 1. The number of pyridine rings is 1. The molecular weight excluding hydrogens is 360 g/mol. The number of fused-ring (bicyclic) bond motifs is 1. The highest BCUT2D eigenvalue weighted by Crippen LogP contribution is 2.38. The molecule has 0 spiro atoms. The molecule has 3 aromatic rings. The third-order valence-corrected chi connectivity index (χ3v) is 6.13. The number of nitrogens with one attached hydrogen (secondary N) is 1. The second-order valence-corrected chi connectivity index (χ2v) is 8.15. The molecule has 0 amide bonds. The standard InChI is InChI=1S/C24H26N4O/c1-15-6-2-5-9-21(15)29-18-12-10-16(11-13-18)19-14-20(17-7-3-4-8-17)26-24-22(19)23(25)27-28-24/h2,5-6,9-15,17,21H,3-4,7-8H2,1H3,(H3,25,26,27,28). The Hall–Kier alpha value is -3.08. The lowest BCUT2D eigenvalue weighted by Gasteiger charge is -2.22. The minimum atomic E-state index is 0.0666. The van der Waals surface area contributed by atoms with E-state index in [2.05, 4.69) is 53.5 Å². The Labute approximate surface area is 170 Å². The van der Waals surface area contributed by atoms with Gasteiger partial charge in [-0.1, -0.05) is 50.1 Å². The van der Waals surface area contributed by atoms with Gasteiger partial charge in [0, 0.05) is 17.5 Å². The van der Waals surface area contributed by atoms with Crippen LogP contribution in [0.15, 0.2) is 54.6 Å². The normalized spacial score (nSPS) is 21.8. The van der Waals surface area contributed by atoms with Gasteiger partial charge >= 0.3 is 0 Å². The van der Waals surface area contributed by atoms with Crippen LogP contribution in [0.25, 0.3) is 22.2 Å². The molecule has 5 nitrogen and oxygen atoms in total. The minimum absolute atomic E-state index is 0.0666. The maximum atomic E-state index is 6.19. The second kappa shape index (κ2) is 7.39. The molecule has 1 aromatic carbocycles. The molecule has 0 saturated heterocycles. The quantitative estimate of drug-likeness (QED) is 0.631. The molecule has 2 aliphatic rings. The number of hydrogen-bond donors (Lipinski definition) is 2. The molecule has 0 radical (unpaired) electrons. The minimum Gasteiger partial charge on any atom is -0.486 e. The number of hydrogen-bond acceptors (Lipinski definition) is 4. The van der Waals surface area contributed by atoms with E-state index < -0.39 is 0 Å². The highest BCUT2D eigenvalue weighted by Gasteiger charge is 2.22. The molecule has 0 bridgehead atoms. The van der Waals surface area contributed by atoms with Crippen molar-refractivity contribution in [3.63, 3.8) is 0 Å². The van der Waals surface area contributed by atoms with E-state index >= 15 is 0 Å². The molecule has 5 rings (SSSR count). The number of allylic oxidation sites excluding steroid dienone is 2. The van der Waals surface area contributed by atoms with Crippen molar-refractivity contribution in [1.29, 1.82) is 0 Å². The summed E-state index contributed by atoms with van der Waals surface area (Å²) in [5.41, 5.74) is 10.2. The molecule has 3 N–H and O–H groups in total. The lowest BCUT2D eigenvalue weighted by molar-refractivity contribution is 0.209. The van der Waals surface area contributed by atoms with Crippen molar-refractivity contribution in [1.82, 2.24) is 15.2 Å². The molecule has 1 saturated carbocycles. The number of rotatable bonds is 4. The van der Waals surface area contributed by atoms with Gasteiger partial charge in [-0.05, 0) is 48.2 Å². The molecule has 29 heavy (non-hydrogen) atoms. The first kappa shape index (κ1) is 18.0. The van der Waals surface area contributed by atoms with Crippen LogP contribution in [-0.4, -0.2) is 21.3 Å². The van der Waals surface area contributed by atoms with Crippen LogP contribution in [-0.2, 0) is 0 Å². The van der Waals surface area contributed by atoms with Gasteiger partial charge in [-0.15, -0.1) is 0 Å². The van der Waals surface area contributed by atoms with Crippen LogP contribution in [0.2, 0.25) is 0 Å². The van der Waals surface area contributed by atoms with Gasteiger partial charge in [-0.2, -0.15) is 5.10 Å². The van der Waals surface area contributed by atoms with Crippen molar-refractivity contribution in [3.05, 3.63) is 60.3 Å². The summed E-state index contributed by atoms with van der Waals surface area (Å²) in [6.45, 7) is 2.17. The summed E-state index contributed by atoms with van der Waals surface area (Å²) in [5.74, 6) is 2.31. The van der Waals surface area contributed by atoms with Crippen LogP contribution in [0.4, 0.5) is 5.82 Å². The molecule has 2 aliphatic carbocycles. The maximum Gasteiger partial charge on any atom is 0.183 e. The summed E-state index contributed by atoms with van der Waals surface area (Å²) in [5, 5.41) is 8.14. The topological polar surface area (TPSA) is 76.8 Å². The largest absolute Gasteiger partial charge is 0.486 e. The highest BCUT2D eigenvalue weighted by atomic mass is 16.5. The van der Waals surface area contributed by atoms with Gasteiger partial charge in [-0.25, -0.2) is 4.98 Å². The van der Waals surface area contributed by atoms with E-state index in [1.165, 1.54) is 25.7 Å². The SMILES string of the molecule is CC1C=CC=CC1Oc1ccc(-c2cc(C3CCCC3)nc3n[nH]c(N)c23)cc1. The number of anilines is 1. The van der Waals surface area contributed by atoms with Crippen molar-refractivity contribution < 1.29 is 4.74 Å². The van der Waals surface area contributed by atoms with E-state index in [1.54, 1.807) is 0 Å². The van der Waals surface area contributed by atoms with E-state index in [0.29, 0.717) is 23.3 Å². The second-order valence-electron chi connectivity index (χ2n) is 8.15. The zero-order chi connectivity index (χ0) is 19.8. The number of nitrogens with two attached hydrogens (primary N) is 1. The Bertz CT molecular complexity index is 1070. The Morgan fingerprint density at radius 2 is 1.83 bits per heavy atom. The van der Waals surface area contributed by atoms with Crippen LogP contribution in [0.5, 0.6) is 5.75 Å². The van der Waals surface area contributed by atoms with Crippen molar-refractivity contribution in [2.75, 3.05) is 5.73 Å². The number of H-pyrrole nitrogens is 1. The Balaban J connectivity index is 1.49. The predicted molar refractivity (Wildman–Crippen MR) is 117 cm³/mol. The monoisotopic (exact) mass is 386 g/mol. The van der Waals surface area contributed by atoms with E-state index in [0.717, 1.165) is 28.0 Å². The van der Waals surface area contributed by atoms with Crippen LogP contribution >= 0.6 is 0 Å². The van der Waals surface area contributed by atoms with Gasteiger partial charge < -0.3 is 10.5 Å². The Morgan fingerprint density at radius 3 is 2.59 bits per heavy atom. The zero-order valence-electron chi connectivity index (χ0n) is 16.6. The molecule has 2 heterocycles. The Morgan fingerprint density at radius 1 is 1.07 bits per heavy atom. The number of nitrogen functional groups attached to an aromatic ring is 1. The molecule has 2 aromatic heterocycles. The maximum absolute atomic E-state index is 6.19. The third-order valence-electron chi connectivity index (χ3n) is 6.13. The van der Waals surface area contributed by atoms with Gasteiger partial charge in [0.15, 0.2) is 5.65 Å². The average molecular weight is 386 g/mol. The third kappa shape index (κ3) is 3.41. The highest BCUT2D eigenvalue weighted by molar-refractivity contribution is 6.00. The molecule has 2 unspecified atom stereocenters. The van der Waals surface area contributed by atoms with Gasteiger partial charge in [0.25, 0.3) is 0 Å². The fourth-order valence-corrected chi connectivity index (χ4v) is 4.44. The van der Waals surface area contributed by atoms with Crippen molar-refractivity contribution in [2.24, 2.45) is 5.92 Å². The molecule has 148 valence electrons. The van der Waals surface area contributed by atoms with Crippen molar-refractivity contribution in [2.45, 2.75) is 44.6 Å². The number of aromatic amines is 1. The molecule has 1 fully saturated rings. The summed E-state index contributed by atoms with van der Waals surface area (Å²) >= 11 is 0. The van der Waals surface area contributed by atoms with Gasteiger partial charge in [0.2, 0.25) is 0 Å². The summed E-state index contributed by atoms with van der Waals surface area (Å²) < 4.78 is 6.17. The molecule has 5 heteroatoms. The number of aromatic nitrogens is 3. The first-order valence-corrected chi connectivity index (χ1v) is 10.5. The summed E-state index contributed by atoms with van der Waals surface area (Å²) in [6.07, 6.45) is 13.4. The average Bonchev–Trinajstić information content (AvgIpc) is 3.40. The van der Waals surface area contributed by atoms with Crippen molar-refractivity contribution >= 4 is 16.9 Å². The van der Waals surface area contributed by atoms with E-state index in [1.807, 2.05) is 18.2 Å². The first-order chi connectivity index (χ1) is 14.2. The predicted octanol–water partition coefficient (Wildman–Crippen LogP) is 5.37. The van der Waals surface area contributed by atoms with E-state index in [-0.39, 0.29) is 6.10 Å². The molecular formula is C24H26N4O. The first-order valence-electron chi connectivity index (χ1n) is 10.5.